The number of halogens is 1. The van der Waals surface area contributed by atoms with Gasteiger partial charge in [0.1, 0.15) is 11.6 Å². The Morgan fingerprint density at radius 2 is 2.10 bits per heavy atom. The van der Waals surface area contributed by atoms with Crippen LogP contribution >= 0.6 is 23.8 Å². The van der Waals surface area contributed by atoms with Gasteiger partial charge in [-0.2, -0.15) is 0 Å². The molecule has 2 aromatic heterocycles. The average molecular weight is 309 g/mol. The summed E-state index contributed by atoms with van der Waals surface area (Å²) in [6.45, 7) is 0. The second-order valence-corrected chi connectivity index (χ2v) is 5.48. The second-order valence-electron chi connectivity index (χ2n) is 4.64. The molecule has 1 aliphatic carbocycles. The first kappa shape index (κ1) is 13.3. The van der Waals surface area contributed by atoms with Gasteiger partial charge in [0, 0.05) is 12.1 Å². The fraction of sp³-hybridized carbons (Fsp3) is 0.308. The summed E-state index contributed by atoms with van der Waals surface area (Å²) in [5, 5.41) is 6.79. The summed E-state index contributed by atoms with van der Waals surface area (Å²) in [6.07, 6.45) is 6.91. The maximum absolute atomic E-state index is 5.77. The molecule has 0 radical (unpaired) electrons. The minimum Gasteiger partial charge on any atom is -0.428 e. The highest BCUT2D eigenvalue weighted by Crippen LogP contribution is 2.37. The average Bonchev–Trinajstić information content (AvgIpc) is 2.78. The van der Waals surface area contributed by atoms with Crippen LogP contribution in [0.15, 0.2) is 28.9 Å². The molecule has 0 saturated heterocycles. The number of pyridine rings is 1. The van der Waals surface area contributed by atoms with Crippen molar-refractivity contribution >= 4 is 40.8 Å². The lowest BCUT2D eigenvalue weighted by atomic mass is 9.84. The maximum Gasteiger partial charge on any atom is 0.301 e. The number of hydrogen-bond acceptors (Lipinski definition) is 4. The zero-order valence-electron chi connectivity index (χ0n) is 10.6. The van der Waals surface area contributed by atoms with Gasteiger partial charge in [-0.3, -0.25) is 5.32 Å². The fourth-order valence-electron chi connectivity index (χ4n) is 1.92. The molecule has 0 atom stereocenters. The Labute approximate surface area is 126 Å². The molecule has 0 aromatic carbocycles. The maximum atomic E-state index is 5.77. The van der Waals surface area contributed by atoms with E-state index in [9.17, 15) is 0 Å². The van der Waals surface area contributed by atoms with Crippen molar-refractivity contribution in [1.82, 2.24) is 9.97 Å². The number of anilines is 2. The molecule has 7 heteroatoms. The highest BCUT2D eigenvalue weighted by Gasteiger charge is 2.23. The molecule has 5 nitrogen and oxygen atoms in total. The van der Waals surface area contributed by atoms with Crippen molar-refractivity contribution in [2.75, 3.05) is 10.6 Å². The van der Waals surface area contributed by atoms with Crippen LogP contribution in [0.5, 0.6) is 0 Å². The SMILES string of the molecule is S=C(Nc1ccc(Cl)cn1)Nc1ncc(C2CCC2)o1. The number of nitrogens with zero attached hydrogens (tertiary/aromatic N) is 2. The molecule has 0 amide bonds. The summed E-state index contributed by atoms with van der Waals surface area (Å²) < 4.78 is 5.62. The minimum atomic E-state index is 0.377. The van der Waals surface area contributed by atoms with Gasteiger partial charge < -0.3 is 9.73 Å². The molecule has 1 saturated carbocycles. The third-order valence-corrected chi connectivity index (χ3v) is 3.65. The predicted octanol–water partition coefficient (Wildman–Crippen LogP) is 3.80. The Bertz CT molecular complexity index is 609. The first-order valence-corrected chi connectivity index (χ1v) is 7.14. The van der Waals surface area contributed by atoms with Crippen LogP contribution in [0.3, 0.4) is 0 Å². The fourth-order valence-corrected chi connectivity index (χ4v) is 2.22. The first-order chi connectivity index (χ1) is 9.70. The van der Waals surface area contributed by atoms with Crippen LogP contribution in [-0.2, 0) is 0 Å². The molecule has 20 heavy (non-hydrogen) atoms. The summed E-state index contributed by atoms with van der Waals surface area (Å²) >= 11 is 10.9. The van der Waals surface area contributed by atoms with Gasteiger partial charge >= 0.3 is 6.01 Å². The van der Waals surface area contributed by atoms with Gasteiger partial charge in [-0.15, -0.1) is 0 Å². The van der Waals surface area contributed by atoms with E-state index in [2.05, 4.69) is 20.6 Å². The van der Waals surface area contributed by atoms with Gasteiger partial charge in [-0.1, -0.05) is 18.0 Å². The molecule has 3 rings (SSSR count). The summed E-state index contributed by atoms with van der Waals surface area (Å²) in [7, 11) is 0. The lowest BCUT2D eigenvalue weighted by Gasteiger charge is -2.22. The smallest absolute Gasteiger partial charge is 0.301 e. The van der Waals surface area contributed by atoms with Crippen LogP contribution in [0.4, 0.5) is 11.8 Å². The van der Waals surface area contributed by atoms with E-state index >= 15 is 0 Å². The van der Waals surface area contributed by atoms with Crippen molar-refractivity contribution in [3.63, 3.8) is 0 Å². The lowest BCUT2D eigenvalue weighted by Crippen LogP contribution is -2.19. The van der Waals surface area contributed by atoms with Crippen LogP contribution in [0, 0.1) is 0 Å². The van der Waals surface area contributed by atoms with Crippen LogP contribution in [0.2, 0.25) is 5.02 Å². The molecule has 2 N–H and O–H groups in total. The number of thiocarbonyl (C=S) groups is 1. The largest absolute Gasteiger partial charge is 0.428 e. The van der Waals surface area contributed by atoms with E-state index in [0.717, 1.165) is 5.76 Å². The monoisotopic (exact) mass is 308 g/mol. The van der Waals surface area contributed by atoms with Crippen molar-refractivity contribution < 1.29 is 4.42 Å². The zero-order chi connectivity index (χ0) is 13.9. The van der Waals surface area contributed by atoms with E-state index in [1.165, 1.54) is 19.3 Å². The number of hydrogen-bond donors (Lipinski definition) is 2. The summed E-state index contributed by atoms with van der Waals surface area (Å²) in [4.78, 5) is 8.26. The third-order valence-electron chi connectivity index (χ3n) is 3.22. The van der Waals surface area contributed by atoms with E-state index in [-0.39, 0.29) is 0 Å². The molecule has 2 heterocycles. The lowest BCUT2D eigenvalue weighted by molar-refractivity contribution is 0.351. The molecule has 1 fully saturated rings. The van der Waals surface area contributed by atoms with Crippen molar-refractivity contribution in [3.05, 3.63) is 35.3 Å². The molecule has 1 aliphatic rings. The van der Waals surface area contributed by atoms with Crippen molar-refractivity contribution in [1.29, 1.82) is 0 Å². The molecule has 0 spiro atoms. The summed E-state index contributed by atoms with van der Waals surface area (Å²) in [6, 6.07) is 3.88. The first-order valence-electron chi connectivity index (χ1n) is 6.36. The van der Waals surface area contributed by atoms with Crippen LogP contribution in [0.25, 0.3) is 0 Å². The molecular formula is C13H13ClN4OS. The van der Waals surface area contributed by atoms with Crippen LogP contribution in [-0.4, -0.2) is 15.1 Å². The van der Waals surface area contributed by atoms with E-state index in [4.69, 9.17) is 28.2 Å². The summed E-state index contributed by atoms with van der Waals surface area (Å²) in [5.41, 5.74) is 0. The van der Waals surface area contributed by atoms with Gasteiger partial charge in [-0.05, 0) is 37.2 Å². The van der Waals surface area contributed by atoms with Gasteiger partial charge in [0.05, 0.1) is 11.2 Å². The minimum absolute atomic E-state index is 0.377. The second kappa shape index (κ2) is 5.76. The Kier molecular flexibility index (Phi) is 3.84. The number of aromatic nitrogens is 2. The standard InChI is InChI=1S/C13H13ClN4OS/c14-9-4-5-11(15-6-9)17-13(20)18-12-16-7-10(19-12)8-2-1-3-8/h4-8H,1-3H2,(H2,15,16,17,18,20). The van der Waals surface area contributed by atoms with E-state index in [1.807, 2.05) is 0 Å². The topological polar surface area (TPSA) is 63.0 Å². The van der Waals surface area contributed by atoms with Crippen molar-refractivity contribution in [3.8, 4) is 0 Å². The number of oxazole rings is 1. The predicted molar refractivity (Wildman–Crippen MR) is 82.2 cm³/mol. The highest BCUT2D eigenvalue weighted by molar-refractivity contribution is 7.80. The highest BCUT2D eigenvalue weighted by atomic mass is 35.5. The Hall–Kier alpha value is -1.66. The summed E-state index contributed by atoms with van der Waals surface area (Å²) in [5.74, 6) is 2.04. The van der Waals surface area contributed by atoms with Crippen LogP contribution < -0.4 is 10.6 Å². The zero-order valence-corrected chi connectivity index (χ0v) is 12.2. The van der Waals surface area contributed by atoms with Crippen LogP contribution in [0.1, 0.15) is 30.9 Å². The number of rotatable bonds is 3. The molecule has 0 unspecified atom stereocenters. The Balaban J connectivity index is 1.58. The van der Waals surface area contributed by atoms with Crippen molar-refractivity contribution in [2.45, 2.75) is 25.2 Å². The van der Waals surface area contributed by atoms with Gasteiger partial charge in [0.15, 0.2) is 5.11 Å². The van der Waals surface area contributed by atoms with E-state index in [1.54, 1.807) is 24.5 Å². The van der Waals surface area contributed by atoms with E-state index < -0.39 is 0 Å². The van der Waals surface area contributed by atoms with Gasteiger partial charge in [0.25, 0.3) is 0 Å². The molecule has 0 aliphatic heterocycles. The molecule has 2 aromatic rings. The van der Waals surface area contributed by atoms with E-state index in [0.29, 0.717) is 27.9 Å². The van der Waals surface area contributed by atoms with Gasteiger partial charge in [-0.25, -0.2) is 9.97 Å². The Morgan fingerprint density at radius 3 is 2.75 bits per heavy atom. The molecule has 0 bridgehead atoms. The van der Waals surface area contributed by atoms with Crippen molar-refractivity contribution in [2.24, 2.45) is 0 Å². The molecule has 104 valence electrons. The van der Waals surface area contributed by atoms with Gasteiger partial charge in [0.2, 0.25) is 0 Å². The quantitative estimate of drug-likeness (QED) is 0.841. The number of nitrogens with one attached hydrogen (secondary N) is 2. The third kappa shape index (κ3) is 3.08. The molecular weight excluding hydrogens is 296 g/mol. The Morgan fingerprint density at radius 1 is 1.25 bits per heavy atom. The normalized spacial score (nSPS) is 14.7.